The van der Waals surface area contributed by atoms with Gasteiger partial charge in [0, 0.05) is 57.2 Å². The molecule has 0 aliphatic carbocycles. The van der Waals surface area contributed by atoms with Crippen LogP contribution < -0.4 is 43.2 Å². The van der Waals surface area contributed by atoms with Gasteiger partial charge in [-0.1, -0.05) is 23.2 Å². The Balaban J connectivity index is 0.000000281. The number of carboxylic acid groups (broad SMARTS) is 4. The maximum absolute atomic E-state index is 14.6. The van der Waals surface area contributed by atoms with Gasteiger partial charge in [0.15, 0.2) is 17.5 Å². The predicted octanol–water partition coefficient (Wildman–Crippen LogP) is 18.9. The topological polar surface area (TPSA) is 400 Å². The highest BCUT2D eigenvalue weighted by Crippen LogP contribution is 2.42. The van der Waals surface area contributed by atoms with E-state index < -0.39 is 112 Å². The molecule has 0 spiro atoms. The number of hydrogen-bond donors (Lipinski definition) is 9. The first-order chi connectivity index (χ1) is 54.5. The quantitative estimate of drug-likeness (QED) is 0.0173. The summed E-state index contributed by atoms with van der Waals surface area (Å²) in [6.45, 7) is 1.55. The van der Waals surface area contributed by atoms with E-state index in [0.29, 0.717) is 77.3 Å². The van der Waals surface area contributed by atoms with Gasteiger partial charge in [-0.25, -0.2) is 56.0 Å². The van der Waals surface area contributed by atoms with Crippen LogP contribution in [-0.4, -0.2) is 121 Å². The maximum Gasteiger partial charge on any atom is 0.416 e. The highest BCUT2D eigenvalue weighted by atomic mass is 79.9. The first kappa shape index (κ1) is 102. The van der Waals surface area contributed by atoms with E-state index in [1.807, 2.05) is 4.72 Å². The molecule has 8 rings (SSSR count). The Morgan fingerprint density at radius 2 is 0.805 bits per heavy atom. The minimum atomic E-state index is -4.71. The first-order valence-electron chi connectivity index (χ1n) is 32.6. The number of anilines is 4. The lowest BCUT2D eigenvalue weighted by atomic mass is 10.1. The number of rotatable bonds is 33. The van der Waals surface area contributed by atoms with Crippen LogP contribution in [0.1, 0.15) is 80.2 Å². The Kier molecular flexibility index (Phi) is 38.7. The van der Waals surface area contributed by atoms with Gasteiger partial charge in [0.1, 0.15) is 56.0 Å². The largest absolute Gasteiger partial charge is 0.487 e. The smallest absolute Gasteiger partial charge is 0.416 e. The lowest BCUT2D eigenvalue weighted by Crippen LogP contribution is -2.29. The number of ether oxygens (including phenoxy) is 4. The summed E-state index contributed by atoms with van der Waals surface area (Å²) >= 11 is 38.3. The van der Waals surface area contributed by atoms with Crippen molar-refractivity contribution in [1.82, 2.24) is 5.32 Å². The summed E-state index contributed by atoms with van der Waals surface area (Å²) in [5.74, 6) is -6.60. The molecule has 1 amide bonds. The van der Waals surface area contributed by atoms with Gasteiger partial charge in [0.25, 0.3) is 5.91 Å². The highest BCUT2D eigenvalue weighted by Gasteiger charge is 2.32. The number of halogens is 17. The molecule has 8 aromatic rings. The van der Waals surface area contributed by atoms with Gasteiger partial charge in [-0.05, 0) is 285 Å². The number of nitrogens with one attached hydrogen (secondary N) is 5. The van der Waals surface area contributed by atoms with Gasteiger partial charge in [0.05, 0.1) is 82.9 Å². The molecule has 0 aliphatic rings. The third-order valence-corrected chi connectivity index (χ3v) is 22.9. The van der Waals surface area contributed by atoms with Gasteiger partial charge in [-0.15, -0.1) is 0 Å². The summed E-state index contributed by atoms with van der Waals surface area (Å²) in [5.41, 5.74) is 1.04. The molecule has 47 heteroatoms. The van der Waals surface area contributed by atoms with Crippen molar-refractivity contribution < 1.29 is 128 Å². The van der Waals surface area contributed by atoms with Crippen molar-refractivity contribution in [3.8, 4) is 23.0 Å². The summed E-state index contributed by atoms with van der Waals surface area (Å²) < 4.78 is 223. The summed E-state index contributed by atoms with van der Waals surface area (Å²) in [7, 11) is -14.8. The minimum absolute atomic E-state index is 0.00367. The zero-order valence-electron chi connectivity index (χ0n) is 61.0. The van der Waals surface area contributed by atoms with Crippen LogP contribution >= 0.6 is 151 Å². The van der Waals surface area contributed by atoms with Crippen molar-refractivity contribution in [3.05, 3.63) is 222 Å². The van der Waals surface area contributed by atoms with Crippen molar-refractivity contribution in [2.45, 2.75) is 84.7 Å². The second-order valence-electron chi connectivity index (χ2n) is 24.6. The monoisotopic (exact) mass is 2280 g/mol. The van der Waals surface area contributed by atoms with Crippen LogP contribution in [0.4, 0.5) is 53.5 Å². The molecular weight excluding hydrogens is 2230 g/mol. The number of carbonyl (C=O) groups excluding carboxylic acids is 1. The number of carboxylic acids is 4. The van der Waals surface area contributed by atoms with Crippen molar-refractivity contribution >= 4 is 243 Å². The highest BCUT2D eigenvalue weighted by molar-refractivity contribution is 9.12. The minimum Gasteiger partial charge on any atom is -0.487 e. The number of aryl methyl sites for hydroxylation is 3. The molecule has 118 heavy (non-hydrogen) atoms. The summed E-state index contributed by atoms with van der Waals surface area (Å²) in [6.07, 6.45) is -3.76. The second kappa shape index (κ2) is 44.9. The first-order valence-corrected chi connectivity index (χ1v) is 47.1. The summed E-state index contributed by atoms with van der Waals surface area (Å²) in [6, 6.07) is 23.3. The lowest BCUT2D eigenvalue weighted by Gasteiger charge is -2.16. The molecule has 26 nitrogen and oxygen atoms in total. The second-order valence-corrected chi connectivity index (χ2v) is 39.6. The Morgan fingerprint density at radius 3 is 1.14 bits per heavy atom. The lowest BCUT2D eigenvalue weighted by molar-refractivity contribution is -0.143. The Bertz CT molecular complexity index is 5350. The molecule has 1 unspecified atom stereocenters. The molecule has 0 heterocycles. The van der Waals surface area contributed by atoms with E-state index in [1.165, 1.54) is 61.5 Å². The molecule has 642 valence electrons. The van der Waals surface area contributed by atoms with E-state index >= 15 is 0 Å². The molecule has 0 aromatic heterocycles. The van der Waals surface area contributed by atoms with Crippen LogP contribution in [0.2, 0.25) is 10.0 Å². The maximum atomic E-state index is 14.6. The molecule has 8 aromatic carbocycles. The molecule has 0 saturated carbocycles. The van der Waals surface area contributed by atoms with E-state index in [2.05, 4.69) is 147 Å². The fraction of sp³-hybridized carbons (Fsp3) is 0.254. The number of hydrogen-bond acceptors (Lipinski definition) is 17. The van der Waals surface area contributed by atoms with Gasteiger partial charge >= 0.3 is 30.1 Å². The van der Waals surface area contributed by atoms with E-state index in [-0.39, 0.29) is 124 Å². The van der Waals surface area contributed by atoms with Crippen molar-refractivity contribution in [3.63, 3.8) is 0 Å². The van der Waals surface area contributed by atoms with E-state index in [0.717, 1.165) is 42.0 Å². The molecule has 0 aliphatic heterocycles. The van der Waals surface area contributed by atoms with Crippen LogP contribution in [0.3, 0.4) is 0 Å². The Labute approximate surface area is 748 Å². The van der Waals surface area contributed by atoms with Crippen LogP contribution in [0.25, 0.3) is 0 Å². The zero-order valence-corrected chi connectivity index (χ0v) is 78.4. The molecule has 0 fully saturated rings. The van der Waals surface area contributed by atoms with Crippen molar-refractivity contribution in [2.24, 2.45) is 0 Å². The molecule has 0 saturated heterocycles. The van der Waals surface area contributed by atoms with Gasteiger partial charge in [-0.2, -0.15) is 13.2 Å². The van der Waals surface area contributed by atoms with Crippen molar-refractivity contribution in [2.75, 3.05) is 50.0 Å². The molecule has 1 atom stereocenters. The number of amides is 1. The normalized spacial score (nSPS) is 11.7. The van der Waals surface area contributed by atoms with Crippen LogP contribution in [0, 0.1) is 24.4 Å². The summed E-state index contributed by atoms with van der Waals surface area (Å²) in [4.78, 5) is 54.7. The standard InChI is InChI=1S/C19H17Br2F4NO5S.C18H18Br2FNO5S.C17H14Br2ClFN2O6S.C17H15Br2ClFNO5S/c1-2-32(29,30)26-13-4-11(3-12(8-13)19(23,24)25)9-31-17-14(20)5-10(6-15(17)21)7-16(22)18(27)28;1-10-5-12(17(21)15(6-10)22-28(2,25)26)9-27-18-13(19)7-11(8-14(18)20)3-4-16(23)24;1-30(27,28)23-13-5-10(20)2-9(15(13)21)7-29-16-11(18)3-8(4-12(16)19)17(26)22-6-14(24)25;1-28(25,26)22-14-7-11(20)6-10(16(14)21)8-27-17-12(18)4-9(5-13(17)19)2-3-15(23)24/h3-6,8,16,26H,2,7,9H2,1H3,(H,27,28);5-8,22H,3-4,9H2,1-2H3,(H,23,24);2-5,23H,6-7H2,1H3,(H,22,26)(H,24,25);4-7,22H,2-3,8H2,1H3,(H,23,24). The van der Waals surface area contributed by atoms with Crippen LogP contribution in [0.5, 0.6) is 23.0 Å². The van der Waals surface area contributed by atoms with Crippen molar-refractivity contribution in [1.29, 1.82) is 0 Å². The van der Waals surface area contributed by atoms with Crippen LogP contribution in [0.15, 0.2) is 139 Å². The van der Waals surface area contributed by atoms with Gasteiger partial charge in [-0.3, -0.25) is 38.1 Å². The fourth-order valence-corrected chi connectivity index (χ4v) is 18.4. The average Bonchev–Trinajstić information content (AvgIpc) is 0.824. The Morgan fingerprint density at radius 1 is 0.458 bits per heavy atom. The fourth-order valence-electron chi connectivity index (χ4n) is 9.67. The Hall–Kier alpha value is -6.76. The summed E-state index contributed by atoms with van der Waals surface area (Å²) in [5, 5.41) is 37.4. The third-order valence-electron chi connectivity index (χ3n) is 14.6. The molecule has 0 bridgehead atoms. The number of carbonyl (C=O) groups is 5. The molecule has 0 radical (unpaired) electrons. The van der Waals surface area contributed by atoms with E-state index in [4.69, 9.17) is 62.6 Å². The molecular formula is C71H64Br8Cl2F7N5O21S4. The van der Waals surface area contributed by atoms with Crippen LogP contribution in [-0.2, 0) is 111 Å². The van der Waals surface area contributed by atoms with E-state index in [9.17, 15) is 88.4 Å². The number of aliphatic carboxylic acids is 4. The SMILES string of the molecule is CCS(=O)(=O)Nc1cc(COc2c(Br)cc(CC(F)C(=O)O)cc2Br)cc(C(F)(F)F)c1.CS(=O)(=O)Nc1cc(Cl)cc(COc2c(Br)cc(C(=O)NCC(=O)O)cc2Br)c1F.CS(=O)(=O)Nc1cc(Cl)cc(COc2c(Br)cc(CCC(=O)O)cc2Br)c1F.Cc1cc(COc2c(Br)cc(CCC(=O)O)cc2Br)c(F)c(NS(C)(=O)=O)c1. The number of alkyl halides is 4. The number of sulfonamides is 4. The number of benzene rings is 8. The zero-order chi connectivity index (χ0) is 89.0. The average molecular weight is 2290 g/mol. The third kappa shape index (κ3) is 34.3. The predicted molar refractivity (Wildman–Crippen MR) is 457 cm³/mol. The van der Waals surface area contributed by atoms with E-state index in [1.54, 1.807) is 37.3 Å². The van der Waals surface area contributed by atoms with Gasteiger partial charge < -0.3 is 44.7 Å². The molecule has 9 N–H and O–H groups in total. The van der Waals surface area contributed by atoms with Gasteiger partial charge in [0.2, 0.25) is 46.3 Å².